The van der Waals surface area contributed by atoms with Crippen LogP contribution in [0.15, 0.2) is 36.4 Å². The molecular weight excluding hydrogens is 249 g/mol. The van der Waals surface area contributed by atoms with Crippen molar-refractivity contribution in [2.75, 3.05) is 0 Å². The number of benzene rings is 2. The first-order chi connectivity index (χ1) is 8.79. The zero-order chi connectivity index (χ0) is 14.2. The molecule has 2 rings (SSSR count). The van der Waals surface area contributed by atoms with Gasteiger partial charge in [-0.05, 0) is 55.2 Å². The molecule has 0 aliphatic rings. The van der Waals surface area contributed by atoms with Crippen molar-refractivity contribution in [3.63, 3.8) is 0 Å². The molecule has 0 spiro atoms. The third-order valence-electron chi connectivity index (χ3n) is 3.18. The van der Waals surface area contributed by atoms with Crippen molar-refractivity contribution < 1.29 is 13.2 Å². The molecule has 0 N–H and O–H groups in total. The van der Waals surface area contributed by atoms with Crippen LogP contribution < -0.4 is 0 Å². The van der Waals surface area contributed by atoms with Gasteiger partial charge in [0.25, 0.3) is 0 Å². The summed E-state index contributed by atoms with van der Waals surface area (Å²) in [5, 5.41) is 0. The maximum Gasteiger partial charge on any atom is 0.416 e. The van der Waals surface area contributed by atoms with Crippen molar-refractivity contribution in [1.82, 2.24) is 0 Å². The number of halogens is 3. The van der Waals surface area contributed by atoms with E-state index in [4.69, 9.17) is 0 Å². The average Bonchev–Trinajstić information content (AvgIpc) is 2.27. The van der Waals surface area contributed by atoms with Gasteiger partial charge in [-0.25, -0.2) is 0 Å². The Morgan fingerprint density at radius 1 is 0.789 bits per heavy atom. The first kappa shape index (κ1) is 13.7. The lowest BCUT2D eigenvalue weighted by Crippen LogP contribution is -2.04. The molecule has 2 aromatic rings. The molecule has 3 heteroatoms. The Kier molecular flexibility index (Phi) is 3.40. The topological polar surface area (TPSA) is 0 Å². The van der Waals surface area contributed by atoms with Gasteiger partial charge in [0.05, 0.1) is 5.56 Å². The van der Waals surface area contributed by atoms with Crippen molar-refractivity contribution in [3.05, 3.63) is 58.7 Å². The van der Waals surface area contributed by atoms with Crippen molar-refractivity contribution in [2.45, 2.75) is 26.9 Å². The molecule has 19 heavy (non-hydrogen) atoms. The van der Waals surface area contributed by atoms with Crippen LogP contribution in [0.25, 0.3) is 11.1 Å². The van der Waals surface area contributed by atoms with Crippen LogP contribution >= 0.6 is 0 Å². The summed E-state index contributed by atoms with van der Waals surface area (Å²) in [5.41, 5.74) is 4.54. The molecule has 0 amide bonds. The molecule has 0 unspecified atom stereocenters. The monoisotopic (exact) mass is 264 g/mol. The summed E-state index contributed by atoms with van der Waals surface area (Å²) in [4.78, 5) is 0. The van der Waals surface area contributed by atoms with E-state index in [0.717, 1.165) is 39.9 Å². The quantitative estimate of drug-likeness (QED) is 0.655. The lowest BCUT2D eigenvalue weighted by Gasteiger charge is -2.13. The summed E-state index contributed by atoms with van der Waals surface area (Å²) in [5.74, 6) is 0. The Morgan fingerprint density at radius 2 is 1.26 bits per heavy atom. The lowest BCUT2D eigenvalue weighted by atomic mass is 9.93. The zero-order valence-corrected chi connectivity index (χ0v) is 11.1. The van der Waals surface area contributed by atoms with E-state index in [-0.39, 0.29) is 0 Å². The smallest absolute Gasteiger partial charge is 0.166 e. The van der Waals surface area contributed by atoms with Crippen molar-refractivity contribution in [3.8, 4) is 11.1 Å². The Hall–Kier alpha value is -1.77. The largest absolute Gasteiger partial charge is 0.416 e. The fraction of sp³-hybridized carbons (Fsp3) is 0.250. The van der Waals surface area contributed by atoms with Gasteiger partial charge in [-0.1, -0.05) is 29.8 Å². The second kappa shape index (κ2) is 4.72. The van der Waals surface area contributed by atoms with Gasteiger partial charge in [-0.3, -0.25) is 0 Å². The van der Waals surface area contributed by atoms with Crippen molar-refractivity contribution >= 4 is 0 Å². The molecule has 0 aliphatic carbocycles. The van der Waals surface area contributed by atoms with Crippen LogP contribution in [0.3, 0.4) is 0 Å². The molecule has 0 atom stereocenters. The van der Waals surface area contributed by atoms with Gasteiger partial charge in [0.1, 0.15) is 0 Å². The molecule has 0 saturated carbocycles. The number of rotatable bonds is 1. The second-order valence-electron chi connectivity index (χ2n) is 4.85. The second-order valence-corrected chi connectivity index (χ2v) is 4.85. The maximum absolute atomic E-state index is 12.5. The number of alkyl halides is 3. The summed E-state index contributed by atoms with van der Waals surface area (Å²) < 4.78 is 37.6. The van der Waals surface area contributed by atoms with Crippen LogP contribution in [0.5, 0.6) is 0 Å². The Balaban J connectivity index is 2.49. The number of hydrogen-bond donors (Lipinski definition) is 0. The van der Waals surface area contributed by atoms with Crippen LogP contribution in [-0.4, -0.2) is 0 Å². The molecule has 0 heterocycles. The molecule has 0 radical (unpaired) electrons. The summed E-state index contributed by atoms with van der Waals surface area (Å²) in [7, 11) is 0. The van der Waals surface area contributed by atoms with Gasteiger partial charge < -0.3 is 0 Å². The lowest BCUT2D eigenvalue weighted by molar-refractivity contribution is -0.137. The van der Waals surface area contributed by atoms with Crippen LogP contribution in [0, 0.1) is 20.8 Å². The summed E-state index contributed by atoms with van der Waals surface area (Å²) in [6, 6.07) is 9.42. The molecule has 0 aromatic heterocycles. The van der Waals surface area contributed by atoms with Crippen molar-refractivity contribution in [2.24, 2.45) is 0 Å². The first-order valence-electron chi connectivity index (χ1n) is 6.04. The number of hydrogen-bond acceptors (Lipinski definition) is 0. The zero-order valence-electron chi connectivity index (χ0n) is 11.1. The van der Waals surface area contributed by atoms with Crippen LogP contribution in [0.4, 0.5) is 13.2 Å². The highest BCUT2D eigenvalue weighted by Crippen LogP contribution is 2.33. The Bertz CT molecular complexity index is 569. The number of aryl methyl sites for hydroxylation is 3. The molecular formula is C16H15F3. The fourth-order valence-corrected chi connectivity index (χ4v) is 2.46. The van der Waals surface area contributed by atoms with Crippen molar-refractivity contribution in [1.29, 1.82) is 0 Å². The Morgan fingerprint density at radius 3 is 1.68 bits per heavy atom. The molecule has 0 nitrogen and oxygen atoms in total. The van der Waals surface area contributed by atoms with Crippen LogP contribution in [-0.2, 0) is 6.18 Å². The minimum absolute atomic E-state index is 0.612. The maximum atomic E-state index is 12.5. The van der Waals surface area contributed by atoms with E-state index in [1.54, 1.807) is 0 Å². The van der Waals surface area contributed by atoms with Gasteiger partial charge >= 0.3 is 6.18 Å². The molecule has 2 aromatic carbocycles. The van der Waals surface area contributed by atoms with Gasteiger partial charge in [-0.2, -0.15) is 13.2 Å². The van der Waals surface area contributed by atoms with E-state index in [0.29, 0.717) is 0 Å². The SMILES string of the molecule is Cc1cc(C)c(-c2ccc(C(F)(F)F)cc2)c(C)c1. The normalized spacial score (nSPS) is 11.7. The standard InChI is InChI=1S/C16H15F3/c1-10-8-11(2)15(12(3)9-10)13-4-6-14(7-5-13)16(17,18)19/h4-9H,1-3H3. The molecule has 0 fully saturated rings. The third kappa shape index (κ3) is 2.80. The first-order valence-corrected chi connectivity index (χ1v) is 6.04. The fourth-order valence-electron chi connectivity index (χ4n) is 2.46. The highest BCUT2D eigenvalue weighted by molar-refractivity contribution is 5.71. The van der Waals surface area contributed by atoms with Gasteiger partial charge in [0.15, 0.2) is 0 Å². The van der Waals surface area contributed by atoms with Gasteiger partial charge in [0.2, 0.25) is 0 Å². The Labute approximate surface area is 110 Å². The van der Waals surface area contributed by atoms with E-state index in [1.165, 1.54) is 12.1 Å². The minimum Gasteiger partial charge on any atom is -0.166 e. The highest BCUT2D eigenvalue weighted by Gasteiger charge is 2.30. The van der Waals surface area contributed by atoms with E-state index in [2.05, 4.69) is 0 Å². The molecule has 0 aliphatic heterocycles. The predicted molar refractivity (Wildman–Crippen MR) is 71.1 cm³/mol. The van der Waals surface area contributed by atoms with Gasteiger partial charge in [0, 0.05) is 0 Å². The predicted octanol–water partition coefficient (Wildman–Crippen LogP) is 5.30. The summed E-state index contributed by atoms with van der Waals surface area (Å²) in [6.07, 6.45) is -4.28. The third-order valence-corrected chi connectivity index (χ3v) is 3.18. The van der Waals surface area contributed by atoms with E-state index in [9.17, 15) is 13.2 Å². The molecule has 0 saturated heterocycles. The van der Waals surface area contributed by atoms with E-state index >= 15 is 0 Å². The van der Waals surface area contributed by atoms with E-state index in [1.807, 2.05) is 32.9 Å². The van der Waals surface area contributed by atoms with Crippen LogP contribution in [0.2, 0.25) is 0 Å². The highest BCUT2D eigenvalue weighted by atomic mass is 19.4. The minimum atomic E-state index is -4.28. The molecule has 0 bridgehead atoms. The average molecular weight is 264 g/mol. The summed E-state index contributed by atoms with van der Waals surface area (Å²) in [6.45, 7) is 5.97. The summed E-state index contributed by atoms with van der Waals surface area (Å²) >= 11 is 0. The van der Waals surface area contributed by atoms with Gasteiger partial charge in [-0.15, -0.1) is 0 Å². The van der Waals surface area contributed by atoms with E-state index < -0.39 is 11.7 Å². The van der Waals surface area contributed by atoms with Crippen LogP contribution in [0.1, 0.15) is 22.3 Å². The molecule has 100 valence electrons.